The third-order valence-electron chi connectivity index (χ3n) is 2.74. The van der Waals surface area contributed by atoms with Gasteiger partial charge in [0.1, 0.15) is 36.1 Å². The SMILES string of the molecule is CC(COC(=O)OC(C)(C)C)OC(=O)OC(C)C(C)OC(=O)OC(C)(C)C. The van der Waals surface area contributed by atoms with E-state index in [1.165, 1.54) is 13.8 Å². The summed E-state index contributed by atoms with van der Waals surface area (Å²) in [6.45, 7) is 14.6. The van der Waals surface area contributed by atoms with Crippen LogP contribution in [0.2, 0.25) is 0 Å². The minimum Gasteiger partial charge on any atom is -0.430 e. The molecular weight excluding hydrogens is 360 g/mol. The average molecular weight is 392 g/mol. The van der Waals surface area contributed by atoms with Crippen molar-refractivity contribution in [2.24, 2.45) is 0 Å². The molecule has 0 aliphatic carbocycles. The number of carbonyl (C=O) groups is 3. The molecule has 9 nitrogen and oxygen atoms in total. The van der Waals surface area contributed by atoms with Crippen LogP contribution in [0.4, 0.5) is 14.4 Å². The molecule has 0 amide bonds. The van der Waals surface area contributed by atoms with Gasteiger partial charge in [-0.1, -0.05) is 0 Å². The van der Waals surface area contributed by atoms with Crippen LogP contribution in [0.25, 0.3) is 0 Å². The first-order valence-corrected chi connectivity index (χ1v) is 8.71. The van der Waals surface area contributed by atoms with Crippen LogP contribution in [0, 0.1) is 0 Å². The minimum absolute atomic E-state index is 0.192. The lowest BCUT2D eigenvalue weighted by molar-refractivity contribution is -0.0725. The molecule has 0 bridgehead atoms. The lowest BCUT2D eigenvalue weighted by Crippen LogP contribution is -2.34. The second-order valence-electron chi connectivity index (χ2n) is 8.06. The van der Waals surface area contributed by atoms with Crippen molar-refractivity contribution in [2.45, 2.75) is 91.8 Å². The molecule has 158 valence electrons. The Morgan fingerprint density at radius 2 is 1.07 bits per heavy atom. The molecule has 3 atom stereocenters. The van der Waals surface area contributed by atoms with Gasteiger partial charge in [-0.3, -0.25) is 0 Å². The first-order valence-electron chi connectivity index (χ1n) is 8.71. The van der Waals surface area contributed by atoms with Gasteiger partial charge in [-0.25, -0.2) is 14.4 Å². The Morgan fingerprint density at radius 1 is 0.667 bits per heavy atom. The Balaban J connectivity index is 4.24. The summed E-state index contributed by atoms with van der Waals surface area (Å²) < 4.78 is 29.9. The number of rotatable bonds is 6. The highest BCUT2D eigenvalue weighted by molar-refractivity contribution is 5.62. The molecule has 0 spiro atoms. The third kappa shape index (κ3) is 13.6. The third-order valence-corrected chi connectivity index (χ3v) is 2.74. The van der Waals surface area contributed by atoms with Crippen molar-refractivity contribution in [1.29, 1.82) is 0 Å². The second-order valence-corrected chi connectivity index (χ2v) is 8.06. The maximum absolute atomic E-state index is 11.8. The molecule has 0 radical (unpaired) electrons. The van der Waals surface area contributed by atoms with E-state index in [1.807, 2.05) is 0 Å². The van der Waals surface area contributed by atoms with Crippen LogP contribution < -0.4 is 0 Å². The zero-order valence-corrected chi connectivity index (χ0v) is 17.6. The molecule has 0 aliphatic rings. The standard InChI is InChI=1S/C18H32O9/c1-11(10-22-14(19)26-17(4,5)6)23-15(20)24-12(2)13(3)25-16(21)27-18(7,8)9/h11-13H,10H2,1-9H3. The van der Waals surface area contributed by atoms with Gasteiger partial charge in [0.25, 0.3) is 0 Å². The van der Waals surface area contributed by atoms with E-state index >= 15 is 0 Å². The van der Waals surface area contributed by atoms with Gasteiger partial charge in [-0.2, -0.15) is 0 Å². The molecule has 9 heteroatoms. The van der Waals surface area contributed by atoms with Gasteiger partial charge in [0.05, 0.1) is 0 Å². The average Bonchev–Trinajstić information content (AvgIpc) is 2.40. The fourth-order valence-electron chi connectivity index (χ4n) is 1.46. The van der Waals surface area contributed by atoms with Crippen LogP contribution in [0.3, 0.4) is 0 Å². The second kappa shape index (κ2) is 10.2. The zero-order valence-electron chi connectivity index (χ0n) is 17.6. The molecule has 0 saturated carbocycles. The molecule has 0 saturated heterocycles. The maximum Gasteiger partial charge on any atom is 0.509 e. The molecule has 0 aliphatic heterocycles. The van der Waals surface area contributed by atoms with E-state index in [-0.39, 0.29) is 6.61 Å². The maximum atomic E-state index is 11.8. The van der Waals surface area contributed by atoms with Gasteiger partial charge in [-0.15, -0.1) is 0 Å². The van der Waals surface area contributed by atoms with E-state index < -0.39 is 48.0 Å². The summed E-state index contributed by atoms with van der Waals surface area (Å²) in [5, 5.41) is 0. The predicted octanol–water partition coefficient (Wildman–Crippen LogP) is 4.21. The highest BCUT2D eigenvalue weighted by atomic mass is 16.8. The smallest absolute Gasteiger partial charge is 0.430 e. The van der Waals surface area contributed by atoms with Crippen LogP contribution in [-0.2, 0) is 28.4 Å². The van der Waals surface area contributed by atoms with Crippen molar-refractivity contribution < 1.29 is 42.8 Å². The van der Waals surface area contributed by atoms with Crippen molar-refractivity contribution in [3.8, 4) is 0 Å². The summed E-state index contributed by atoms with van der Waals surface area (Å²) in [6, 6.07) is 0. The molecule has 0 aromatic heterocycles. The van der Waals surface area contributed by atoms with Gasteiger partial charge >= 0.3 is 18.5 Å². The Kier molecular flexibility index (Phi) is 9.39. The first kappa shape index (κ1) is 24.8. The van der Waals surface area contributed by atoms with Gasteiger partial charge in [0.15, 0.2) is 0 Å². The molecule has 0 heterocycles. The molecular formula is C18H32O9. The monoisotopic (exact) mass is 392 g/mol. The normalized spacial score (nSPS) is 15.0. The Morgan fingerprint density at radius 3 is 1.52 bits per heavy atom. The minimum atomic E-state index is -0.984. The van der Waals surface area contributed by atoms with Crippen LogP contribution in [0.15, 0.2) is 0 Å². The summed E-state index contributed by atoms with van der Waals surface area (Å²) in [5.41, 5.74) is -1.37. The Labute approximate surface area is 160 Å². The topological polar surface area (TPSA) is 107 Å². The van der Waals surface area contributed by atoms with E-state index in [1.54, 1.807) is 48.5 Å². The molecule has 0 aromatic carbocycles. The summed E-state index contributed by atoms with van der Waals surface area (Å²) in [7, 11) is 0. The van der Waals surface area contributed by atoms with E-state index in [2.05, 4.69) is 0 Å². The number of ether oxygens (including phenoxy) is 6. The van der Waals surface area contributed by atoms with Gasteiger partial charge in [0, 0.05) is 0 Å². The van der Waals surface area contributed by atoms with Gasteiger partial charge in [0.2, 0.25) is 0 Å². The van der Waals surface area contributed by atoms with Crippen molar-refractivity contribution in [2.75, 3.05) is 6.61 Å². The van der Waals surface area contributed by atoms with Crippen molar-refractivity contribution >= 4 is 18.5 Å². The van der Waals surface area contributed by atoms with E-state index in [0.29, 0.717) is 0 Å². The number of hydrogen-bond acceptors (Lipinski definition) is 9. The first-order chi connectivity index (χ1) is 12.1. The molecule has 0 rings (SSSR count). The lowest BCUT2D eigenvalue weighted by atomic mass is 10.2. The van der Waals surface area contributed by atoms with Gasteiger partial charge in [-0.05, 0) is 62.3 Å². The number of hydrogen-bond donors (Lipinski definition) is 0. The summed E-state index contributed by atoms with van der Waals surface area (Å²) in [4.78, 5) is 34.8. The highest BCUT2D eigenvalue weighted by Crippen LogP contribution is 2.12. The van der Waals surface area contributed by atoms with Crippen molar-refractivity contribution in [3.63, 3.8) is 0 Å². The van der Waals surface area contributed by atoms with E-state index in [9.17, 15) is 14.4 Å². The Bertz CT molecular complexity index is 502. The van der Waals surface area contributed by atoms with E-state index in [4.69, 9.17) is 28.4 Å². The highest BCUT2D eigenvalue weighted by Gasteiger charge is 2.26. The summed E-state index contributed by atoms with van der Waals surface area (Å²) >= 11 is 0. The largest absolute Gasteiger partial charge is 0.509 e. The molecule has 0 N–H and O–H groups in total. The molecule has 3 unspecified atom stereocenters. The quantitative estimate of drug-likeness (QED) is 0.485. The predicted molar refractivity (Wildman–Crippen MR) is 95.5 cm³/mol. The number of carbonyl (C=O) groups excluding carboxylic acids is 3. The fourth-order valence-corrected chi connectivity index (χ4v) is 1.46. The van der Waals surface area contributed by atoms with Crippen molar-refractivity contribution in [1.82, 2.24) is 0 Å². The van der Waals surface area contributed by atoms with Crippen LogP contribution in [-0.4, -0.2) is 54.6 Å². The molecule has 0 fully saturated rings. The molecule has 27 heavy (non-hydrogen) atoms. The van der Waals surface area contributed by atoms with Crippen molar-refractivity contribution in [3.05, 3.63) is 0 Å². The molecule has 0 aromatic rings. The summed E-state index contributed by atoms with van der Waals surface area (Å²) in [6.07, 6.45) is -4.98. The fraction of sp³-hybridized carbons (Fsp3) is 0.833. The lowest BCUT2D eigenvalue weighted by Gasteiger charge is -2.24. The van der Waals surface area contributed by atoms with Crippen LogP contribution in [0.1, 0.15) is 62.3 Å². The summed E-state index contributed by atoms with van der Waals surface area (Å²) in [5.74, 6) is 0. The van der Waals surface area contributed by atoms with Crippen LogP contribution in [0.5, 0.6) is 0 Å². The zero-order chi connectivity index (χ0) is 21.4. The van der Waals surface area contributed by atoms with Crippen LogP contribution >= 0.6 is 0 Å². The Hall–Kier alpha value is -2.19. The van der Waals surface area contributed by atoms with E-state index in [0.717, 1.165) is 0 Å². The van der Waals surface area contributed by atoms with Gasteiger partial charge < -0.3 is 28.4 Å².